The second kappa shape index (κ2) is 6.05. The van der Waals surface area contributed by atoms with Crippen LogP contribution >= 0.6 is 0 Å². The summed E-state index contributed by atoms with van der Waals surface area (Å²) in [5.41, 5.74) is -0.562. The zero-order valence-corrected chi connectivity index (χ0v) is 17.3. The first-order valence-corrected chi connectivity index (χ1v) is 11.5. The summed E-state index contributed by atoms with van der Waals surface area (Å²) >= 11 is 0. The van der Waals surface area contributed by atoms with E-state index in [0.717, 1.165) is 44.1 Å². The second-order valence-electron chi connectivity index (χ2n) is 10.8. The van der Waals surface area contributed by atoms with E-state index in [9.17, 15) is 19.8 Å². The van der Waals surface area contributed by atoms with Crippen molar-refractivity contribution >= 4 is 6.29 Å². The van der Waals surface area contributed by atoms with Crippen molar-refractivity contribution in [2.24, 2.45) is 28.6 Å². The van der Waals surface area contributed by atoms with Gasteiger partial charge in [-0.25, -0.2) is 4.79 Å². The fourth-order valence-corrected chi connectivity index (χ4v) is 8.74. The van der Waals surface area contributed by atoms with E-state index in [1.165, 1.54) is 18.6 Å². The van der Waals surface area contributed by atoms with Crippen molar-refractivity contribution in [3.8, 4) is 0 Å². The number of hydrogen-bond acceptors (Lipinski definition) is 6. The molecule has 2 heterocycles. The summed E-state index contributed by atoms with van der Waals surface area (Å²) in [6, 6.07) is 3.20. The first-order chi connectivity index (χ1) is 14.4. The predicted molar refractivity (Wildman–Crippen MR) is 107 cm³/mol. The third-order valence-corrected chi connectivity index (χ3v) is 9.97. The number of fused-ring (bicyclic) bond motifs is 3. The third-order valence-electron chi connectivity index (χ3n) is 9.97. The lowest BCUT2D eigenvalue weighted by Gasteiger charge is -2.60. The normalized spacial score (nSPS) is 53.8. The fourth-order valence-electron chi connectivity index (χ4n) is 8.74. The maximum Gasteiger partial charge on any atom is 0.335 e. The summed E-state index contributed by atoms with van der Waals surface area (Å²) in [6.07, 6.45) is 7.47. The molecule has 1 spiro atoms. The van der Waals surface area contributed by atoms with Crippen LogP contribution in [0.5, 0.6) is 0 Å². The quantitative estimate of drug-likeness (QED) is 0.569. The molecule has 0 aromatic carbocycles. The first kappa shape index (κ1) is 19.2. The van der Waals surface area contributed by atoms with Crippen LogP contribution in [0.2, 0.25) is 0 Å². The molecule has 0 amide bonds. The molecule has 0 bridgehead atoms. The third kappa shape index (κ3) is 2.10. The van der Waals surface area contributed by atoms with Crippen molar-refractivity contribution < 1.29 is 24.2 Å². The Bertz CT molecular complexity index is 921. The summed E-state index contributed by atoms with van der Waals surface area (Å²) in [5, 5.41) is 21.5. The SMILES string of the molecule is C[C@]12CC[C@H]3[C@@H](CC[C@@H]4C[C@@H](O)CC[C@@]43C=O)[C@]13O[C@@H]3[C@H](O)[C@@H]2c1ccc(=O)oc1. The highest BCUT2D eigenvalue weighted by molar-refractivity contribution is 5.62. The average Bonchev–Trinajstić information content (AvgIpc) is 3.45. The number of aliphatic hydroxyl groups is 2. The lowest BCUT2D eigenvalue weighted by atomic mass is 9.44. The van der Waals surface area contributed by atoms with E-state index in [-0.39, 0.29) is 52.3 Å². The van der Waals surface area contributed by atoms with Crippen molar-refractivity contribution in [3.63, 3.8) is 0 Å². The smallest absolute Gasteiger partial charge is 0.335 e. The van der Waals surface area contributed by atoms with Gasteiger partial charge in [-0.2, -0.15) is 0 Å². The molecule has 0 radical (unpaired) electrons. The molecule has 6 rings (SSSR count). The summed E-state index contributed by atoms with van der Waals surface area (Å²) in [6.45, 7) is 2.22. The van der Waals surface area contributed by atoms with Crippen LogP contribution in [0, 0.1) is 28.6 Å². The molecule has 1 aliphatic heterocycles. The van der Waals surface area contributed by atoms with Gasteiger partial charge < -0.3 is 24.2 Å². The molecule has 6 heteroatoms. The van der Waals surface area contributed by atoms with Crippen LogP contribution in [0.4, 0.5) is 0 Å². The minimum absolute atomic E-state index is 0.139. The van der Waals surface area contributed by atoms with E-state index >= 15 is 0 Å². The van der Waals surface area contributed by atoms with E-state index in [2.05, 4.69) is 6.92 Å². The Morgan fingerprint density at radius 3 is 2.67 bits per heavy atom. The van der Waals surface area contributed by atoms with Crippen molar-refractivity contribution in [3.05, 3.63) is 34.4 Å². The maximum absolute atomic E-state index is 12.5. The minimum Gasteiger partial charge on any atom is -0.431 e. The van der Waals surface area contributed by atoms with Gasteiger partial charge in [-0.05, 0) is 74.3 Å². The molecule has 0 unspecified atom stereocenters. The summed E-state index contributed by atoms with van der Waals surface area (Å²) in [7, 11) is 0. The highest BCUT2D eigenvalue weighted by atomic mass is 16.6. The number of carbonyl (C=O) groups is 1. The van der Waals surface area contributed by atoms with E-state index < -0.39 is 11.7 Å². The highest BCUT2D eigenvalue weighted by Crippen LogP contribution is 2.77. The maximum atomic E-state index is 12.5. The van der Waals surface area contributed by atoms with Crippen LogP contribution in [0.25, 0.3) is 0 Å². The molecule has 1 aromatic rings. The van der Waals surface area contributed by atoms with Crippen molar-refractivity contribution in [2.75, 3.05) is 0 Å². The Hall–Kier alpha value is -1.50. The molecule has 30 heavy (non-hydrogen) atoms. The summed E-state index contributed by atoms with van der Waals surface area (Å²) in [5.74, 6) is 0.607. The molecule has 4 aliphatic carbocycles. The number of hydrogen-bond donors (Lipinski definition) is 2. The van der Waals surface area contributed by atoms with Crippen LogP contribution < -0.4 is 5.63 Å². The molecule has 2 N–H and O–H groups in total. The van der Waals surface area contributed by atoms with Gasteiger partial charge in [0.15, 0.2) is 0 Å². The Morgan fingerprint density at radius 2 is 1.93 bits per heavy atom. The number of carbonyl (C=O) groups excluding carboxylic acids is 1. The van der Waals surface area contributed by atoms with Crippen molar-refractivity contribution in [1.29, 1.82) is 0 Å². The van der Waals surface area contributed by atoms with Gasteiger partial charge in [0.25, 0.3) is 0 Å². The molecule has 162 valence electrons. The number of ether oxygens (including phenoxy) is 1. The van der Waals surface area contributed by atoms with Gasteiger partial charge >= 0.3 is 5.63 Å². The highest BCUT2D eigenvalue weighted by Gasteiger charge is 2.84. The Labute approximate surface area is 175 Å². The molecule has 10 atom stereocenters. The van der Waals surface area contributed by atoms with Crippen molar-refractivity contribution in [2.45, 2.75) is 81.7 Å². The van der Waals surface area contributed by atoms with Crippen LogP contribution in [-0.4, -0.2) is 40.4 Å². The fraction of sp³-hybridized carbons (Fsp3) is 0.750. The van der Waals surface area contributed by atoms with Gasteiger partial charge in [-0.3, -0.25) is 0 Å². The van der Waals surface area contributed by atoms with E-state index in [1.807, 2.05) is 0 Å². The largest absolute Gasteiger partial charge is 0.431 e. The molecule has 5 aliphatic rings. The monoisotopic (exact) mass is 414 g/mol. The Kier molecular flexibility index (Phi) is 3.87. The zero-order valence-electron chi connectivity index (χ0n) is 17.3. The molecular formula is C24H30O6. The minimum atomic E-state index is -0.639. The predicted octanol–water partition coefficient (Wildman–Crippen LogP) is 2.41. The zero-order chi connectivity index (χ0) is 20.9. The van der Waals surface area contributed by atoms with Crippen LogP contribution in [0.1, 0.15) is 63.4 Å². The first-order valence-electron chi connectivity index (χ1n) is 11.5. The van der Waals surface area contributed by atoms with Gasteiger partial charge in [0.2, 0.25) is 0 Å². The second-order valence-corrected chi connectivity index (χ2v) is 10.8. The average molecular weight is 414 g/mol. The lowest BCUT2D eigenvalue weighted by Crippen LogP contribution is -2.59. The molecule has 4 saturated carbocycles. The number of aldehydes is 1. The topological polar surface area (TPSA) is 100 Å². The van der Waals surface area contributed by atoms with E-state index in [4.69, 9.17) is 9.15 Å². The molecular weight excluding hydrogens is 384 g/mol. The summed E-state index contributed by atoms with van der Waals surface area (Å²) < 4.78 is 11.5. The van der Waals surface area contributed by atoms with E-state index in [1.54, 1.807) is 6.07 Å². The van der Waals surface area contributed by atoms with Crippen LogP contribution in [0.3, 0.4) is 0 Å². The van der Waals surface area contributed by atoms with Gasteiger partial charge in [0.05, 0.1) is 18.5 Å². The van der Waals surface area contributed by atoms with E-state index in [0.29, 0.717) is 6.42 Å². The standard InChI is InChI=1S/C24H30O6/c1-22-8-7-16-17(4-3-14-10-15(26)6-9-23(14,16)12-25)24(22)21(30-24)20(28)19(22)13-2-5-18(27)29-11-13/h2,5,11-12,14-17,19-21,26,28H,3-4,6-10H2,1H3/t14-,15+,16+,17-,19+,20-,21-,22-,23-,24-/m1/s1. The van der Waals surface area contributed by atoms with Gasteiger partial charge in [0.1, 0.15) is 18.0 Å². The number of epoxide rings is 1. The Balaban J connectivity index is 1.40. The van der Waals surface area contributed by atoms with Gasteiger partial charge in [-0.1, -0.05) is 6.92 Å². The molecule has 1 aromatic heterocycles. The van der Waals surface area contributed by atoms with Gasteiger partial charge in [-0.15, -0.1) is 0 Å². The lowest BCUT2D eigenvalue weighted by molar-refractivity contribution is -0.159. The molecule has 6 nitrogen and oxygen atoms in total. The van der Waals surface area contributed by atoms with Crippen LogP contribution in [0.15, 0.2) is 27.6 Å². The van der Waals surface area contributed by atoms with Crippen molar-refractivity contribution in [1.82, 2.24) is 0 Å². The number of aliphatic hydroxyl groups excluding tert-OH is 2. The van der Waals surface area contributed by atoms with Crippen LogP contribution in [-0.2, 0) is 9.53 Å². The number of rotatable bonds is 2. The summed E-state index contributed by atoms with van der Waals surface area (Å²) in [4.78, 5) is 24.0. The van der Waals surface area contributed by atoms with Gasteiger partial charge in [0, 0.05) is 22.8 Å². The Morgan fingerprint density at radius 1 is 1.10 bits per heavy atom. The molecule has 1 saturated heterocycles. The molecule has 5 fully saturated rings.